The number of ketones is 1. The van der Waals surface area contributed by atoms with Gasteiger partial charge in [0.05, 0.1) is 0 Å². The maximum atomic E-state index is 11.1. The summed E-state index contributed by atoms with van der Waals surface area (Å²) in [7, 11) is 0. The highest BCUT2D eigenvalue weighted by molar-refractivity contribution is 5.79. The van der Waals surface area contributed by atoms with Crippen molar-refractivity contribution in [2.75, 3.05) is 13.2 Å². The first-order valence-corrected chi connectivity index (χ1v) is 4.40. The second-order valence-electron chi connectivity index (χ2n) is 3.05. The van der Waals surface area contributed by atoms with E-state index in [1.807, 2.05) is 13.8 Å². The lowest BCUT2D eigenvalue weighted by Gasteiger charge is -2.01. The summed E-state index contributed by atoms with van der Waals surface area (Å²) < 4.78 is 5.10. The van der Waals surface area contributed by atoms with Crippen LogP contribution in [0.2, 0.25) is 0 Å². The molecule has 0 fully saturated rings. The van der Waals surface area contributed by atoms with E-state index in [9.17, 15) is 4.79 Å². The van der Waals surface area contributed by atoms with Crippen LogP contribution in [-0.2, 0) is 9.53 Å². The zero-order chi connectivity index (χ0) is 9.40. The summed E-state index contributed by atoms with van der Waals surface area (Å²) in [6.07, 6.45) is 2.32. The second kappa shape index (κ2) is 7.04. The molecule has 0 amide bonds. The molecule has 0 bridgehead atoms. The van der Waals surface area contributed by atoms with Crippen LogP contribution in [0, 0.1) is 0 Å². The van der Waals surface area contributed by atoms with Gasteiger partial charge in [0.2, 0.25) is 0 Å². The van der Waals surface area contributed by atoms with Crippen molar-refractivity contribution >= 4 is 5.78 Å². The Morgan fingerprint density at radius 3 is 2.58 bits per heavy atom. The zero-order valence-corrected chi connectivity index (χ0v) is 8.06. The number of carbonyl (C=O) groups excluding carboxylic acids is 1. The van der Waals surface area contributed by atoms with Crippen molar-refractivity contribution in [1.29, 1.82) is 0 Å². The van der Waals surface area contributed by atoms with Crippen LogP contribution in [-0.4, -0.2) is 19.0 Å². The zero-order valence-electron chi connectivity index (χ0n) is 8.06. The first-order valence-electron chi connectivity index (χ1n) is 4.40. The van der Waals surface area contributed by atoms with Gasteiger partial charge in [-0.25, -0.2) is 0 Å². The summed E-state index contributed by atoms with van der Waals surface area (Å²) in [6, 6.07) is 0. The molecular formula is C10H18O2. The Kier molecular flexibility index (Phi) is 6.67. The van der Waals surface area contributed by atoms with Gasteiger partial charge in [-0.3, -0.25) is 4.79 Å². The highest BCUT2D eigenvalue weighted by atomic mass is 16.5. The van der Waals surface area contributed by atoms with E-state index in [-0.39, 0.29) is 12.4 Å². The van der Waals surface area contributed by atoms with Gasteiger partial charge in [0.25, 0.3) is 0 Å². The summed E-state index contributed by atoms with van der Waals surface area (Å²) in [6.45, 7) is 8.63. The van der Waals surface area contributed by atoms with Crippen molar-refractivity contribution in [3.05, 3.63) is 12.2 Å². The van der Waals surface area contributed by atoms with E-state index < -0.39 is 0 Å². The van der Waals surface area contributed by atoms with Crippen LogP contribution in [0.5, 0.6) is 0 Å². The largest absolute Gasteiger partial charge is 0.374 e. The molecule has 2 nitrogen and oxygen atoms in total. The summed E-state index contributed by atoms with van der Waals surface area (Å²) in [5.41, 5.74) is 1.05. The molecule has 0 aliphatic carbocycles. The van der Waals surface area contributed by atoms with Gasteiger partial charge in [-0.05, 0) is 19.8 Å². The lowest BCUT2D eigenvalue weighted by Crippen LogP contribution is -2.08. The van der Waals surface area contributed by atoms with E-state index in [0.717, 1.165) is 18.4 Å². The Balaban J connectivity index is 3.28. The first-order chi connectivity index (χ1) is 5.66. The van der Waals surface area contributed by atoms with Gasteiger partial charge in [0.15, 0.2) is 5.78 Å². The highest BCUT2D eigenvalue weighted by Gasteiger charge is 2.00. The summed E-state index contributed by atoms with van der Waals surface area (Å²) >= 11 is 0. The first kappa shape index (κ1) is 11.4. The van der Waals surface area contributed by atoms with Crippen LogP contribution in [0.4, 0.5) is 0 Å². The summed E-state index contributed by atoms with van der Waals surface area (Å²) in [5.74, 6) is 0.173. The third kappa shape index (κ3) is 7.48. The minimum absolute atomic E-state index is 0.173. The Hall–Kier alpha value is -0.630. The molecule has 0 atom stereocenters. The minimum Gasteiger partial charge on any atom is -0.374 e. The molecule has 0 spiro atoms. The quantitative estimate of drug-likeness (QED) is 0.433. The summed E-state index contributed by atoms with van der Waals surface area (Å²) in [4.78, 5) is 11.1. The average Bonchev–Trinajstić information content (AvgIpc) is 2.01. The van der Waals surface area contributed by atoms with Gasteiger partial charge in [0.1, 0.15) is 6.61 Å². The summed E-state index contributed by atoms with van der Waals surface area (Å²) in [5, 5.41) is 0. The lowest BCUT2D eigenvalue weighted by molar-refractivity contribution is -0.123. The van der Waals surface area contributed by atoms with Crippen LogP contribution in [0.1, 0.15) is 33.1 Å². The van der Waals surface area contributed by atoms with Gasteiger partial charge in [0, 0.05) is 13.0 Å². The van der Waals surface area contributed by atoms with Crippen molar-refractivity contribution in [2.24, 2.45) is 0 Å². The molecule has 0 aromatic carbocycles. The minimum atomic E-state index is 0.173. The smallest absolute Gasteiger partial charge is 0.158 e. The Morgan fingerprint density at radius 1 is 1.42 bits per heavy atom. The fraction of sp³-hybridized carbons (Fsp3) is 0.700. The number of Topliss-reactive ketones (excluding diaryl/α,β-unsaturated/α-hetero) is 1. The van der Waals surface area contributed by atoms with E-state index in [2.05, 4.69) is 6.58 Å². The van der Waals surface area contributed by atoms with Gasteiger partial charge in [-0.15, -0.1) is 6.58 Å². The van der Waals surface area contributed by atoms with Gasteiger partial charge >= 0.3 is 0 Å². The van der Waals surface area contributed by atoms with E-state index in [4.69, 9.17) is 4.74 Å². The highest BCUT2D eigenvalue weighted by Crippen LogP contribution is 2.01. The van der Waals surface area contributed by atoms with Crippen LogP contribution >= 0.6 is 0 Å². The molecule has 0 rings (SSSR count). The molecule has 70 valence electrons. The SMILES string of the molecule is C=C(C)CCC(=O)COCCC. The normalized spacial score (nSPS) is 9.83. The van der Waals surface area contributed by atoms with Crippen molar-refractivity contribution in [3.63, 3.8) is 0 Å². The van der Waals surface area contributed by atoms with Gasteiger partial charge < -0.3 is 4.74 Å². The third-order valence-corrected chi connectivity index (χ3v) is 1.44. The Labute approximate surface area is 74.6 Å². The molecule has 0 aromatic rings. The van der Waals surface area contributed by atoms with Crippen molar-refractivity contribution in [3.8, 4) is 0 Å². The van der Waals surface area contributed by atoms with E-state index in [0.29, 0.717) is 13.0 Å². The van der Waals surface area contributed by atoms with E-state index in [1.54, 1.807) is 0 Å². The van der Waals surface area contributed by atoms with E-state index in [1.165, 1.54) is 0 Å². The Bertz CT molecular complexity index is 150. The molecule has 0 heterocycles. The average molecular weight is 170 g/mol. The maximum Gasteiger partial charge on any atom is 0.158 e. The van der Waals surface area contributed by atoms with Crippen LogP contribution in [0.15, 0.2) is 12.2 Å². The molecule has 0 N–H and O–H groups in total. The second-order valence-corrected chi connectivity index (χ2v) is 3.05. The molecule has 0 unspecified atom stereocenters. The van der Waals surface area contributed by atoms with Crippen LogP contribution in [0.3, 0.4) is 0 Å². The van der Waals surface area contributed by atoms with Crippen molar-refractivity contribution < 1.29 is 9.53 Å². The van der Waals surface area contributed by atoms with Crippen molar-refractivity contribution in [2.45, 2.75) is 33.1 Å². The molecular weight excluding hydrogens is 152 g/mol. The number of carbonyl (C=O) groups is 1. The van der Waals surface area contributed by atoms with E-state index >= 15 is 0 Å². The molecule has 0 aliphatic heterocycles. The standard InChI is InChI=1S/C10H18O2/c1-4-7-12-8-10(11)6-5-9(2)3/h2,4-8H2,1,3H3. The monoisotopic (exact) mass is 170 g/mol. The van der Waals surface area contributed by atoms with Gasteiger partial charge in [-0.2, -0.15) is 0 Å². The molecule has 0 aliphatic rings. The van der Waals surface area contributed by atoms with Crippen molar-refractivity contribution in [1.82, 2.24) is 0 Å². The predicted molar refractivity (Wildman–Crippen MR) is 50.2 cm³/mol. The lowest BCUT2D eigenvalue weighted by atomic mass is 10.1. The fourth-order valence-electron chi connectivity index (χ4n) is 0.755. The number of hydrogen-bond acceptors (Lipinski definition) is 2. The predicted octanol–water partition coefficient (Wildman–Crippen LogP) is 2.34. The number of allylic oxidation sites excluding steroid dienone is 1. The van der Waals surface area contributed by atoms with Gasteiger partial charge in [-0.1, -0.05) is 12.5 Å². The third-order valence-electron chi connectivity index (χ3n) is 1.44. The molecule has 0 saturated carbocycles. The maximum absolute atomic E-state index is 11.1. The van der Waals surface area contributed by atoms with Crippen LogP contribution < -0.4 is 0 Å². The van der Waals surface area contributed by atoms with Crippen LogP contribution in [0.25, 0.3) is 0 Å². The Morgan fingerprint density at radius 2 is 2.08 bits per heavy atom. The molecule has 0 radical (unpaired) electrons. The number of rotatable bonds is 7. The molecule has 2 heteroatoms. The molecule has 0 saturated heterocycles. The molecule has 12 heavy (non-hydrogen) atoms. The number of ether oxygens (including phenoxy) is 1. The molecule has 0 aromatic heterocycles. The fourth-order valence-corrected chi connectivity index (χ4v) is 0.755. The number of hydrogen-bond donors (Lipinski definition) is 0. The topological polar surface area (TPSA) is 26.3 Å².